The summed E-state index contributed by atoms with van der Waals surface area (Å²) in [6.45, 7) is 5.82. The first-order valence-corrected chi connectivity index (χ1v) is 11.9. The fraction of sp³-hybridized carbons (Fsp3) is 0.286. The van der Waals surface area contributed by atoms with Gasteiger partial charge < -0.3 is 4.74 Å². The minimum Gasteiger partial charge on any atom is -0.426 e. The Morgan fingerprint density at radius 3 is 2.44 bits per heavy atom. The summed E-state index contributed by atoms with van der Waals surface area (Å²) < 4.78 is 74.8. The second kappa shape index (κ2) is 9.24. The summed E-state index contributed by atoms with van der Waals surface area (Å²) in [5, 5.41) is 0. The number of rotatable bonds is 7. The molecule has 1 unspecified atom stereocenters. The maximum atomic E-state index is 13.2. The van der Waals surface area contributed by atoms with Crippen LogP contribution in [0.25, 0.3) is 0 Å². The third-order valence-electron chi connectivity index (χ3n) is 4.73. The largest absolute Gasteiger partial charge is 0.426 e. The van der Waals surface area contributed by atoms with Crippen molar-refractivity contribution in [3.05, 3.63) is 70.0 Å². The molecule has 1 heterocycles. The normalized spacial score (nSPS) is 13.2. The molecular weight excluding hydrogens is 511 g/mol. The molecule has 2 aromatic carbocycles. The maximum absolute atomic E-state index is 13.2. The van der Waals surface area contributed by atoms with Crippen LogP contribution in [0.3, 0.4) is 0 Å². The number of nitrogens with one attached hydrogen (secondary N) is 1. The van der Waals surface area contributed by atoms with Gasteiger partial charge in [-0.05, 0) is 51.1 Å². The van der Waals surface area contributed by atoms with Crippen molar-refractivity contribution in [1.29, 1.82) is 0 Å². The topological polar surface area (TPSA) is 73.2 Å². The SMILES string of the molecule is CCn1c(C(C)NS(=O)(=O)c2ccc(Br)c(C(F)(F)F)c2)cnc1Oc1ccc(C)cc1. The van der Waals surface area contributed by atoms with Crippen LogP contribution in [0.15, 0.2) is 58.0 Å². The van der Waals surface area contributed by atoms with Crippen molar-refractivity contribution in [3.8, 4) is 11.8 Å². The number of aryl methyl sites for hydroxylation is 1. The van der Waals surface area contributed by atoms with E-state index in [1.807, 2.05) is 26.0 Å². The first-order valence-electron chi connectivity index (χ1n) is 9.61. The molecule has 32 heavy (non-hydrogen) atoms. The van der Waals surface area contributed by atoms with Crippen LogP contribution >= 0.6 is 15.9 Å². The molecule has 1 atom stereocenters. The van der Waals surface area contributed by atoms with E-state index in [4.69, 9.17) is 4.74 Å². The number of benzene rings is 2. The van der Waals surface area contributed by atoms with Gasteiger partial charge in [-0.2, -0.15) is 13.2 Å². The molecule has 0 bridgehead atoms. The lowest BCUT2D eigenvalue weighted by molar-refractivity contribution is -0.138. The summed E-state index contributed by atoms with van der Waals surface area (Å²) in [6.07, 6.45) is -3.22. The van der Waals surface area contributed by atoms with Gasteiger partial charge in [0.15, 0.2) is 0 Å². The molecule has 6 nitrogen and oxygen atoms in total. The molecule has 0 aliphatic heterocycles. The number of nitrogens with zero attached hydrogens (tertiary/aromatic N) is 2. The van der Waals surface area contributed by atoms with Crippen molar-refractivity contribution >= 4 is 26.0 Å². The number of hydrogen-bond acceptors (Lipinski definition) is 4. The Balaban J connectivity index is 1.86. The van der Waals surface area contributed by atoms with E-state index in [9.17, 15) is 21.6 Å². The predicted octanol–water partition coefficient (Wildman–Crippen LogP) is 5.82. The smallest absolute Gasteiger partial charge is 0.417 e. The fourth-order valence-corrected chi connectivity index (χ4v) is 4.79. The standard InChI is InChI=1S/C21H21BrF3N3O3S/c1-4-28-19(12-26-20(28)31-15-7-5-13(2)6-8-15)14(3)27-32(29,30)16-9-10-18(22)17(11-16)21(23,24)25/h5-12,14,27H,4H2,1-3H3. The van der Waals surface area contributed by atoms with E-state index in [2.05, 4.69) is 25.6 Å². The summed E-state index contributed by atoms with van der Waals surface area (Å²) in [6, 6.07) is 9.63. The second-order valence-electron chi connectivity index (χ2n) is 7.11. The van der Waals surface area contributed by atoms with Gasteiger partial charge >= 0.3 is 12.2 Å². The van der Waals surface area contributed by atoms with Gasteiger partial charge in [0, 0.05) is 11.0 Å². The number of alkyl halides is 3. The molecule has 172 valence electrons. The summed E-state index contributed by atoms with van der Waals surface area (Å²) >= 11 is 2.81. The molecule has 0 radical (unpaired) electrons. The van der Waals surface area contributed by atoms with Gasteiger partial charge in [0.1, 0.15) is 5.75 Å². The van der Waals surface area contributed by atoms with Gasteiger partial charge in [0.25, 0.3) is 0 Å². The maximum Gasteiger partial charge on any atom is 0.417 e. The van der Waals surface area contributed by atoms with Gasteiger partial charge in [-0.25, -0.2) is 18.1 Å². The van der Waals surface area contributed by atoms with Crippen molar-refractivity contribution in [2.75, 3.05) is 0 Å². The Kier molecular flexibility index (Phi) is 7.01. The third-order valence-corrected chi connectivity index (χ3v) is 6.96. The van der Waals surface area contributed by atoms with E-state index in [1.54, 1.807) is 23.6 Å². The molecule has 0 saturated carbocycles. The van der Waals surface area contributed by atoms with Gasteiger partial charge in [-0.1, -0.05) is 33.6 Å². The minimum atomic E-state index is -4.70. The van der Waals surface area contributed by atoms with Crippen LogP contribution in [0.4, 0.5) is 13.2 Å². The highest BCUT2D eigenvalue weighted by atomic mass is 79.9. The van der Waals surface area contributed by atoms with Crippen LogP contribution in [0.1, 0.15) is 36.7 Å². The molecule has 0 saturated heterocycles. The number of sulfonamides is 1. The van der Waals surface area contributed by atoms with Crippen LogP contribution in [-0.2, 0) is 22.7 Å². The number of halogens is 4. The average molecular weight is 532 g/mol. The van der Waals surface area contributed by atoms with Crippen molar-refractivity contribution in [1.82, 2.24) is 14.3 Å². The van der Waals surface area contributed by atoms with E-state index < -0.39 is 32.7 Å². The van der Waals surface area contributed by atoms with E-state index in [0.29, 0.717) is 24.1 Å². The van der Waals surface area contributed by atoms with Gasteiger partial charge in [-0.3, -0.25) is 4.57 Å². The highest BCUT2D eigenvalue weighted by Gasteiger charge is 2.34. The number of ether oxygens (including phenoxy) is 1. The average Bonchev–Trinajstić information content (AvgIpc) is 3.11. The quantitative estimate of drug-likeness (QED) is 0.416. The zero-order valence-electron chi connectivity index (χ0n) is 17.4. The van der Waals surface area contributed by atoms with Gasteiger partial charge in [0.2, 0.25) is 10.0 Å². The van der Waals surface area contributed by atoms with E-state index in [1.165, 1.54) is 6.20 Å². The predicted molar refractivity (Wildman–Crippen MR) is 117 cm³/mol. The molecule has 0 aliphatic carbocycles. The lowest BCUT2D eigenvalue weighted by Gasteiger charge is -2.18. The molecular formula is C21H21BrF3N3O3S. The summed E-state index contributed by atoms with van der Waals surface area (Å²) in [4.78, 5) is 3.75. The minimum absolute atomic E-state index is 0.237. The van der Waals surface area contributed by atoms with Crippen molar-refractivity contribution in [2.24, 2.45) is 0 Å². The Hall–Kier alpha value is -2.37. The van der Waals surface area contributed by atoms with Crippen LogP contribution in [-0.4, -0.2) is 18.0 Å². The van der Waals surface area contributed by atoms with Crippen LogP contribution in [0.5, 0.6) is 11.8 Å². The van der Waals surface area contributed by atoms with Crippen molar-refractivity contribution < 1.29 is 26.3 Å². The molecule has 11 heteroatoms. The molecule has 3 aromatic rings. The zero-order valence-corrected chi connectivity index (χ0v) is 19.8. The molecule has 0 fully saturated rings. The Bertz CT molecular complexity index is 1210. The zero-order chi connectivity index (χ0) is 23.7. The first kappa shape index (κ1) is 24.3. The number of imidazole rings is 1. The lowest BCUT2D eigenvalue weighted by atomic mass is 10.2. The Morgan fingerprint density at radius 2 is 1.84 bits per heavy atom. The molecule has 3 rings (SSSR count). The van der Waals surface area contributed by atoms with Crippen LogP contribution < -0.4 is 9.46 Å². The number of aromatic nitrogens is 2. The second-order valence-corrected chi connectivity index (χ2v) is 9.68. The highest BCUT2D eigenvalue weighted by molar-refractivity contribution is 9.10. The molecule has 0 spiro atoms. The molecule has 0 amide bonds. The third kappa shape index (κ3) is 5.33. The summed E-state index contributed by atoms with van der Waals surface area (Å²) in [7, 11) is -4.24. The Labute approximate surface area is 192 Å². The monoisotopic (exact) mass is 531 g/mol. The van der Waals surface area contributed by atoms with E-state index >= 15 is 0 Å². The summed E-state index contributed by atoms with van der Waals surface area (Å²) in [5.41, 5.74) is 0.508. The summed E-state index contributed by atoms with van der Waals surface area (Å²) in [5.74, 6) is 0.574. The molecule has 1 N–H and O–H groups in total. The highest BCUT2D eigenvalue weighted by Crippen LogP contribution is 2.36. The van der Waals surface area contributed by atoms with Crippen LogP contribution in [0, 0.1) is 6.92 Å². The molecule has 0 aliphatic rings. The van der Waals surface area contributed by atoms with Gasteiger partial charge in [-0.15, -0.1) is 0 Å². The molecule has 1 aromatic heterocycles. The first-order chi connectivity index (χ1) is 14.9. The van der Waals surface area contributed by atoms with Crippen molar-refractivity contribution in [2.45, 2.75) is 44.4 Å². The number of hydrogen-bond donors (Lipinski definition) is 1. The van der Waals surface area contributed by atoms with E-state index in [-0.39, 0.29) is 10.5 Å². The fourth-order valence-electron chi connectivity index (χ4n) is 3.08. The van der Waals surface area contributed by atoms with E-state index in [0.717, 1.165) is 17.7 Å². The van der Waals surface area contributed by atoms with Gasteiger partial charge in [0.05, 0.1) is 28.4 Å². The van der Waals surface area contributed by atoms with Crippen molar-refractivity contribution in [3.63, 3.8) is 0 Å². The lowest BCUT2D eigenvalue weighted by Crippen LogP contribution is -2.28. The van der Waals surface area contributed by atoms with Crippen LogP contribution in [0.2, 0.25) is 0 Å². The Morgan fingerprint density at radius 1 is 1.19 bits per heavy atom.